The number of ether oxygens (including phenoxy) is 1. The van der Waals surface area contributed by atoms with Crippen molar-refractivity contribution in [3.8, 4) is 5.75 Å². The maximum atomic E-state index is 12.2. The summed E-state index contributed by atoms with van der Waals surface area (Å²) in [6.07, 6.45) is 0. The number of benzene rings is 2. The van der Waals surface area contributed by atoms with E-state index in [1.807, 2.05) is 0 Å². The van der Waals surface area contributed by atoms with Crippen molar-refractivity contribution in [3.05, 3.63) is 52.0 Å². The normalized spacial score (nSPS) is 10.0. The molecule has 0 aliphatic heterocycles. The van der Waals surface area contributed by atoms with E-state index in [2.05, 4.69) is 10.6 Å². The fourth-order valence-corrected chi connectivity index (χ4v) is 2.51. The second-order valence-electron chi connectivity index (χ2n) is 4.49. The van der Waals surface area contributed by atoms with Crippen molar-refractivity contribution in [2.45, 2.75) is 0 Å². The Morgan fingerprint density at radius 3 is 1.91 bits per heavy atom. The van der Waals surface area contributed by atoms with E-state index in [9.17, 15) is 9.59 Å². The highest BCUT2D eigenvalue weighted by molar-refractivity contribution is 6.37. The van der Waals surface area contributed by atoms with Gasteiger partial charge < -0.3 is 21.1 Å². The number of nitrogens with two attached hydrogens (primary N) is 1. The minimum absolute atomic E-state index is 0.242. The summed E-state index contributed by atoms with van der Waals surface area (Å²) in [5, 5.41) is 5.60. The largest absolute Gasteiger partial charge is 0.494 e. The van der Waals surface area contributed by atoms with Gasteiger partial charge >= 0.3 is 6.03 Å². The highest BCUT2D eigenvalue weighted by Crippen LogP contribution is 2.34. The molecule has 0 aliphatic carbocycles. The van der Waals surface area contributed by atoms with E-state index in [0.29, 0.717) is 22.7 Å². The Hall–Kier alpha value is -2.44. The fourth-order valence-electron chi connectivity index (χ4n) is 1.87. The molecule has 0 radical (unpaired) electrons. The van der Waals surface area contributed by atoms with Crippen LogP contribution < -0.4 is 21.1 Å². The lowest BCUT2D eigenvalue weighted by molar-refractivity contribution is 0.102. The molecule has 0 spiro atoms. The molecule has 23 heavy (non-hydrogen) atoms. The summed E-state index contributed by atoms with van der Waals surface area (Å²) in [6.45, 7) is 0. The number of nitrogens with one attached hydrogen (secondary N) is 2. The average Bonchev–Trinajstić information content (AvgIpc) is 2.48. The minimum Gasteiger partial charge on any atom is -0.494 e. The zero-order chi connectivity index (χ0) is 17.0. The monoisotopic (exact) mass is 353 g/mol. The summed E-state index contributed by atoms with van der Waals surface area (Å²) in [7, 11) is 1.44. The number of halogens is 2. The second kappa shape index (κ2) is 7.21. The van der Waals surface area contributed by atoms with Crippen molar-refractivity contribution in [2.75, 3.05) is 17.7 Å². The van der Waals surface area contributed by atoms with Gasteiger partial charge in [0.25, 0.3) is 5.91 Å². The van der Waals surface area contributed by atoms with Crippen LogP contribution in [0.1, 0.15) is 10.4 Å². The van der Waals surface area contributed by atoms with Gasteiger partial charge in [0.2, 0.25) is 0 Å². The van der Waals surface area contributed by atoms with E-state index in [-0.39, 0.29) is 16.0 Å². The zero-order valence-corrected chi connectivity index (χ0v) is 13.5. The lowest BCUT2D eigenvalue weighted by Crippen LogP contribution is -2.19. The lowest BCUT2D eigenvalue weighted by Gasteiger charge is -2.10. The first-order valence-corrected chi connectivity index (χ1v) is 7.17. The van der Waals surface area contributed by atoms with Gasteiger partial charge in [0.15, 0.2) is 5.75 Å². The highest BCUT2D eigenvalue weighted by Gasteiger charge is 2.13. The molecule has 4 N–H and O–H groups in total. The van der Waals surface area contributed by atoms with E-state index < -0.39 is 6.03 Å². The lowest BCUT2D eigenvalue weighted by atomic mass is 10.2. The number of anilines is 2. The molecule has 0 saturated heterocycles. The van der Waals surface area contributed by atoms with Crippen LogP contribution in [0.25, 0.3) is 0 Å². The molecule has 3 amide bonds. The van der Waals surface area contributed by atoms with E-state index in [1.165, 1.54) is 19.2 Å². The van der Waals surface area contributed by atoms with Crippen LogP contribution in [0.3, 0.4) is 0 Å². The maximum absolute atomic E-state index is 12.2. The van der Waals surface area contributed by atoms with Crippen LogP contribution >= 0.6 is 23.2 Å². The Labute approximate surface area is 142 Å². The molecule has 2 rings (SSSR count). The predicted molar refractivity (Wildman–Crippen MR) is 90.6 cm³/mol. The number of urea groups is 1. The van der Waals surface area contributed by atoms with Gasteiger partial charge in [-0.05, 0) is 36.4 Å². The van der Waals surface area contributed by atoms with E-state index in [0.717, 1.165) is 0 Å². The van der Waals surface area contributed by atoms with Crippen LogP contribution in [-0.2, 0) is 0 Å². The Morgan fingerprint density at radius 1 is 1.00 bits per heavy atom. The highest BCUT2D eigenvalue weighted by atomic mass is 35.5. The minimum atomic E-state index is -0.663. The molecule has 0 saturated carbocycles. The van der Waals surface area contributed by atoms with Crippen LogP contribution in [0.4, 0.5) is 16.2 Å². The third-order valence-electron chi connectivity index (χ3n) is 2.87. The SMILES string of the molecule is COc1c(Cl)cc(C(=O)Nc2ccc(NC(N)=O)cc2)cc1Cl. The van der Waals surface area contributed by atoms with Crippen LogP contribution in [0, 0.1) is 0 Å². The Balaban J connectivity index is 2.14. The van der Waals surface area contributed by atoms with Crippen molar-refractivity contribution >= 4 is 46.5 Å². The van der Waals surface area contributed by atoms with Crippen LogP contribution in [-0.4, -0.2) is 19.0 Å². The summed E-state index contributed by atoms with van der Waals surface area (Å²) in [6, 6.07) is 8.72. The van der Waals surface area contributed by atoms with Gasteiger partial charge in [-0.15, -0.1) is 0 Å². The van der Waals surface area contributed by atoms with Gasteiger partial charge in [0.05, 0.1) is 17.2 Å². The molecule has 0 atom stereocenters. The van der Waals surface area contributed by atoms with Crippen molar-refractivity contribution in [1.82, 2.24) is 0 Å². The number of carbonyl (C=O) groups is 2. The molecular weight excluding hydrogens is 341 g/mol. The number of carbonyl (C=O) groups excluding carboxylic acids is 2. The zero-order valence-electron chi connectivity index (χ0n) is 12.0. The topological polar surface area (TPSA) is 93.4 Å². The number of hydrogen-bond acceptors (Lipinski definition) is 3. The van der Waals surface area contributed by atoms with Crippen molar-refractivity contribution in [3.63, 3.8) is 0 Å². The summed E-state index contributed by atoms with van der Waals surface area (Å²) in [5.74, 6) is -0.0705. The molecule has 120 valence electrons. The first kappa shape index (κ1) is 16.9. The maximum Gasteiger partial charge on any atom is 0.316 e. The molecule has 0 unspecified atom stereocenters. The first-order valence-electron chi connectivity index (χ1n) is 6.41. The fraction of sp³-hybridized carbons (Fsp3) is 0.0667. The average molecular weight is 354 g/mol. The first-order chi connectivity index (χ1) is 10.9. The summed E-state index contributed by atoms with van der Waals surface area (Å²) < 4.78 is 5.03. The van der Waals surface area contributed by atoms with Crippen molar-refractivity contribution in [2.24, 2.45) is 5.73 Å². The van der Waals surface area contributed by atoms with E-state index >= 15 is 0 Å². The van der Waals surface area contributed by atoms with Gasteiger partial charge in [-0.1, -0.05) is 23.2 Å². The number of methoxy groups -OCH3 is 1. The molecule has 0 aliphatic rings. The molecule has 8 heteroatoms. The number of rotatable bonds is 4. The summed E-state index contributed by atoms with van der Waals surface area (Å²) in [4.78, 5) is 23.0. The van der Waals surface area contributed by atoms with Gasteiger partial charge in [-0.3, -0.25) is 4.79 Å². The standard InChI is InChI=1S/C15H13Cl2N3O3/c1-23-13-11(16)6-8(7-12(13)17)14(21)19-9-2-4-10(5-3-9)20-15(18)22/h2-7H,1H3,(H,19,21)(H3,18,20,22). The number of primary amides is 1. The number of amides is 3. The molecule has 0 fully saturated rings. The summed E-state index contributed by atoms with van der Waals surface area (Å²) in [5.41, 5.74) is 6.36. The third-order valence-corrected chi connectivity index (χ3v) is 3.44. The van der Waals surface area contributed by atoms with Gasteiger partial charge in [-0.25, -0.2) is 4.79 Å². The van der Waals surface area contributed by atoms with E-state index in [1.54, 1.807) is 24.3 Å². The second-order valence-corrected chi connectivity index (χ2v) is 5.31. The summed E-state index contributed by atoms with van der Waals surface area (Å²) >= 11 is 12.0. The van der Waals surface area contributed by atoms with Crippen LogP contribution in [0.15, 0.2) is 36.4 Å². The van der Waals surface area contributed by atoms with Gasteiger partial charge in [0, 0.05) is 16.9 Å². The molecule has 2 aromatic rings. The quantitative estimate of drug-likeness (QED) is 0.781. The van der Waals surface area contributed by atoms with E-state index in [4.69, 9.17) is 33.7 Å². The predicted octanol–water partition coefficient (Wildman–Crippen LogP) is 3.74. The molecular formula is C15H13Cl2N3O3. The van der Waals surface area contributed by atoms with Gasteiger partial charge in [-0.2, -0.15) is 0 Å². The molecule has 0 heterocycles. The Kier molecular flexibility index (Phi) is 5.31. The molecule has 0 aromatic heterocycles. The smallest absolute Gasteiger partial charge is 0.316 e. The molecule has 2 aromatic carbocycles. The van der Waals surface area contributed by atoms with Crippen molar-refractivity contribution < 1.29 is 14.3 Å². The number of hydrogen-bond donors (Lipinski definition) is 3. The van der Waals surface area contributed by atoms with Crippen LogP contribution in [0.5, 0.6) is 5.75 Å². The molecule has 6 nitrogen and oxygen atoms in total. The van der Waals surface area contributed by atoms with Crippen LogP contribution in [0.2, 0.25) is 10.0 Å². The van der Waals surface area contributed by atoms with Crippen molar-refractivity contribution in [1.29, 1.82) is 0 Å². The Bertz CT molecular complexity index is 725. The van der Waals surface area contributed by atoms with Gasteiger partial charge in [0.1, 0.15) is 0 Å². The third kappa shape index (κ3) is 4.28. The molecule has 0 bridgehead atoms. The Morgan fingerprint density at radius 2 is 1.48 bits per heavy atom.